The zero-order valence-electron chi connectivity index (χ0n) is 8.37. The van der Waals surface area contributed by atoms with Crippen LogP contribution in [0.2, 0.25) is 5.02 Å². The standard InChI is InChI=1S/C12H11ClN2/c1-14-12-8-4-7-11(15-12)9-5-2-3-6-10(9)13/h2-8H,1H3,(H,14,15). The summed E-state index contributed by atoms with van der Waals surface area (Å²) in [4.78, 5) is 4.43. The van der Waals surface area contributed by atoms with Crippen molar-refractivity contribution in [2.24, 2.45) is 0 Å². The minimum atomic E-state index is 0.721. The summed E-state index contributed by atoms with van der Waals surface area (Å²) >= 11 is 6.09. The van der Waals surface area contributed by atoms with Gasteiger partial charge in [0.2, 0.25) is 0 Å². The number of rotatable bonds is 2. The van der Waals surface area contributed by atoms with E-state index in [4.69, 9.17) is 11.6 Å². The van der Waals surface area contributed by atoms with Crippen LogP contribution in [0.4, 0.5) is 5.82 Å². The van der Waals surface area contributed by atoms with Crippen molar-refractivity contribution in [3.05, 3.63) is 47.5 Å². The molecule has 0 unspecified atom stereocenters. The van der Waals surface area contributed by atoms with E-state index in [2.05, 4.69) is 10.3 Å². The third-order valence-electron chi connectivity index (χ3n) is 2.16. The summed E-state index contributed by atoms with van der Waals surface area (Å²) in [5, 5.41) is 3.72. The Labute approximate surface area is 93.9 Å². The van der Waals surface area contributed by atoms with E-state index in [1.54, 1.807) is 0 Å². The van der Waals surface area contributed by atoms with E-state index >= 15 is 0 Å². The van der Waals surface area contributed by atoms with Crippen LogP contribution >= 0.6 is 11.6 Å². The Bertz CT molecular complexity index is 469. The van der Waals surface area contributed by atoms with E-state index in [0.29, 0.717) is 0 Å². The third-order valence-corrected chi connectivity index (χ3v) is 2.48. The van der Waals surface area contributed by atoms with E-state index in [1.807, 2.05) is 49.5 Å². The minimum Gasteiger partial charge on any atom is -0.373 e. The van der Waals surface area contributed by atoms with Crippen molar-refractivity contribution < 1.29 is 0 Å². The molecule has 2 rings (SSSR count). The lowest BCUT2D eigenvalue weighted by Gasteiger charge is -2.05. The van der Waals surface area contributed by atoms with Crippen LogP contribution in [-0.2, 0) is 0 Å². The molecule has 0 spiro atoms. The normalized spacial score (nSPS) is 10.0. The lowest BCUT2D eigenvalue weighted by atomic mass is 10.1. The number of hydrogen-bond donors (Lipinski definition) is 1. The Morgan fingerprint density at radius 3 is 2.60 bits per heavy atom. The Morgan fingerprint density at radius 2 is 1.87 bits per heavy atom. The second kappa shape index (κ2) is 4.32. The van der Waals surface area contributed by atoms with Crippen LogP contribution < -0.4 is 5.32 Å². The molecule has 0 aliphatic heterocycles. The lowest BCUT2D eigenvalue weighted by Crippen LogP contribution is -1.93. The van der Waals surface area contributed by atoms with Gasteiger partial charge in [-0.15, -0.1) is 0 Å². The number of pyridine rings is 1. The molecule has 0 amide bonds. The maximum atomic E-state index is 6.09. The Hall–Kier alpha value is -1.54. The zero-order chi connectivity index (χ0) is 10.7. The highest BCUT2D eigenvalue weighted by Crippen LogP contribution is 2.26. The number of benzene rings is 1. The first-order valence-electron chi connectivity index (χ1n) is 4.71. The molecule has 0 bridgehead atoms. The highest BCUT2D eigenvalue weighted by molar-refractivity contribution is 6.33. The summed E-state index contributed by atoms with van der Waals surface area (Å²) in [5.74, 6) is 0.840. The molecule has 15 heavy (non-hydrogen) atoms. The van der Waals surface area contributed by atoms with E-state index in [1.165, 1.54) is 0 Å². The summed E-state index contributed by atoms with van der Waals surface area (Å²) in [6, 6.07) is 13.5. The van der Waals surface area contributed by atoms with Gasteiger partial charge in [0.05, 0.1) is 5.69 Å². The highest BCUT2D eigenvalue weighted by Gasteiger charge is 2.03. The number of anilines is 1. The number of hydrogen-bond acceptors (Lipinski definition) is 2. The summed E-state index contributed by atoms with van der Waals surface area (Å²) in [6.45, 7) is 0. The quantitative estimate of drug-likeness (QED) is 0.835. The van der Waals surface area contributed by atoms with Gasteiger partial charge in [0.15, 0.2) is 0 Å². The fourth-order valence-electron chi connectivity index (χ4n) is 1.39. The first kappa shape index (κ1) is 9.99. The van der Waals surface area contributed by atoms with Gasteiger partial charge >= 0.3 is 0 Å². The molecule has 1 N–H and O–H groups in total. The van der Waals surface area contributed by atoms with Crippen LogP contribution in [-0.4, -0.2) is 12.0 Å². The van der Waals surface area contributed by atoms with Gasteiger partial charge in [0.25, 0.3) is 0 Å². The second-order valence-electron chi connectivity index (χ2n) is 3.14. The Kier molecular flexibility index (Phi) is 2.88. The molecule has 2 nitrogen and oxygen atoms in total. The summed E-state index contributed by atoms with van der Waals surface area (Å²) in [5.41, 5.74) is 1.84. The second-order valence-corrected chi connectivity index (χ2v) is 3.55. The van der Waals surface area contributed by atoms with Gasteiger partial charge in [-0.3, -0.25) is 0 Å². The minimum absolute atomic E-state index is 0.721. The molecule has 0 aliphatic carbocycles. The molecular formula is C12H11ClN2. The molecule has 0 fully saturated rings. The Balaban J connectivity index is 2.49. The van der Waals surface area contributed by atoms with Crippen molar-refractivity contribution >= 4 is 17.4 Å². The molecule has 1 heterocycles. The van der Waals surface area contributed by atoms with Crippen molar-refractivity contribution in [2.45, 2.75) is 0 Å². The van der Waals surface area contributed by atoms with E-state index in [-0.39, 0.29) is 0 Å². The fourth-order valence-corrected chi connectivity index (χ4v) is 1.63. The average molecular weight is 219 g/mol. The van der Waals surface area contributed by atoms with Crippen molar-refractivity contribution in [3.63, 3.8) is 0 Å². The fraction of sp³-hybridized carbons (Fsp3) is 0.0833. The summed E-state index contributed by atoms with van der Waals surface area (Å²) < 4.78 is 0. The summed E-state index contributed by atoms with van der Waals surface area (Å²) in [6.07, 6.45) is 0. The van der Waals surface area contributed by atoms with Gasteiger partial charge < -0.3 is 5.32 Å². The molecule has 0 radical (unpaired) electrons. The zero-order valence-corrected chi connectivity index (χ0v) is 9.12. The molecule has 0 saturated heterocycles. The lowest BCUT2D eigenvalue weighted by molar-refractivity contribution is 1.29. The van der Waals surface area contributed by atoms with Gasteiger partial charge in [0.1, 0.15) is 5.82 Å². The average Bonchev–Trinajstić information content (AvgIpc) is 2.30. The van der Waals surface area contributed by atoms with Crippen LogP contribution in [0.15, 0.2) is 42.5 Å². The van der Waals surface area contributed by atoms with Crippen molar-refractivity contribution in [1.82, 2.24) is 4.98 Å². The highest BCUT2D eigenvalue weighted by atomic mass is 35.5. The largest absolute Gasteiger partial charge is 0.373 e. The predicted molar refractivity (Wildman–Crippen MR) is 64.2 cm³/mol. The summed E-state index contributed by atoms with van der Waals surface area (Å²) in [7, 11) is 1.85. The van der Waals surface area contributed by atoms with Crippen LogP contribution in [0, 0.1) is 0 Å². The smallest absolute Gasteiger partial charge is 0.126 e. The topological polar surface area (TPSA) is 24.9 Å². The number of aromatic nitrogens is 1. The molecule has 1 aromatic heterocycles. The van der Waals surface area contributed by atoms with Crippen LogP contribution in [0.1, 0.15) is 0 Å². The molecule has 0 saturated carbocycles. The van der Waals surface area contributed by atoms with Gasteiger partial charge in [-0.05, 0) is 18.2 Å². The van der Waals surface area contributed by atoms with Crippen molar-refractivity contribution in [2.75, 3.05) is 12.4 Å². The van der Waals surface area contributed by atoms with E-state index < -0.39 is 0 Å². The van der Waals surface area contributed by atoms with Gasteiger partial charge in [-0.2, -0.15) is 0 Å². The monoisotopic (exact) mass is 218 g/mol. The molecule has 76 valence electrons. The Morgan fingerprint density at radius 1 is 1.07 bits per heavy atom. The van der Waals surface area contributed by atoms with Gasteiger partial charge in [-0.1, -0.05) is 35.9 Å². The van der Waals surface area contributed by atoms with E-state index in [9.17, 15) is 0 Å². The maximum Gasteiger partial charge on any atom is 0.126 e. The molecule has 0 aliphatic rings. The van der Waals surface area contributed by atoms with Crippen molar-refractivity contribution in [3.8, 4) is 11.3 Å². The molecule has 3 heteroatoms. The number of halogens is 1. The first-order valence-corrected chi connectivity index (χ1v) is 5.09. The molecule has 2 aromatic rings. The molecular weight excluding hydrogens is 208 g/mol. The van der Waals surface area contributed by atoms with Crippen LogP contribution in [0.3, 0.4) is 0 Å². The SMILES string of the molecule is CNc1cccc(-c2ccccc2Cl)n1. The number of nitrogens with zero attached hydrogens (tertiary/aromatic N) is 1. The maximum absolute atomic E-state index is 6.09. The predicted octanol–water partition coefficient (Wildman–Crippen LogP) is 3.44. The molecule has 0 atom stereocenters. The van der Waals surface area contributed by atoms with Crippen LogP contribution in [0.25, 0.3) is 11.3 Å². The third kappa shape index (κ3) is 2.10. The number of nitrogens with one attached hydrogen (secondary N) is 1. The van der Waals surface area contributed by atoms with Gasteiger partial charge in [-0.25, -0.2) is 4.98 Å². The van der Waals surface area contributed by atoms with Gasteiger partial charge in [0, 0.05) is 17.6 Å². The van der Waals surface area contributed by atoms with Crippen molar-refractivity contribution in [1.29, 1.82) is 0 Å². The first-order chi connectivity index (χ1) is 7.31. The van der Waals surface area contributed by atoms with Crippen LogP contribution in [0.5, 0.6) is 0 Å². The molecule has 1 aromatic carbocycles. The van der Waals surface area contributed by atoms with E-state index in [0.717, 1.165) is 22.1 Å².